The van der Waals surface area contributed by atoms with Crippen LogP contribution < -0.4 is 0 Å². The first-order valence-electron chi connectivity index (χ1n) is 7.27. The highest BCUT2D eigenvalue weighted by atomic mass is 32.2. The first kappa shape index (κ1) is 17.5. The molecule has 1 aliphatic rings. The summed E-state index contributed by atoms with van der Waals surface area (Å²) in [5, 5.41) is 0. The van der Waals surface area contributed by atoms with Crippen LogP contribution in [-0.2, 0) is 26.6 Å². The molecule has 0 spiro atoms. The van der Waals surface area contributed by atoms with Gasteiger partial charge in [-0.3, -0.25) is 4.79 Å². The van der Waals surface area contributed by atoms with Gasteiger partial charge in [0.05, 0.1) is 7.11 Å². The van der Waals surface area contributed by atoms with Crippen LogP contribution in [0.4, 0.5) is 0 Å². The molecule has 0 aromatic carbocycles. The van der Waals surface area contributed by atoms with E-state index in [1.165, 1.54) is 35.2 Å². The average molecular weight is 343 g/mol. The Bertz CT molecular complexity index is 710. The number of carbonyl (C=O) groups excluding carboxylic acids is 2. The van der Waals surface area contributed by atoms with Crippen molar-refractivity contribution < 1.29 is 22.7 Å². The van der Waals surface area contributed by atoms with Crippen molar-refractivity contribution in [2.75, 3.05) is 33.3 Å². The predicted molar refractivity (Wildman–Crippen MR) is 82.4 cm³/mol. The van der Waals surface area contributed by atoms with Gasteiger partial charge in [0, 0.05) is 46.3 Å². The molecule has 0 N–H and O–H groups in total. The number of sulfonamides is 1. The number of carbonyl (C=O) groups is 2. The number of rotatable bonds is 3. The van der Waals surface area contributed by atoms with Crippen LogP contribution in [0.25, 0.3) is 0 Å². The first-order chi connectivity index (χ1) is 10.8. The molecule has 0 atom stereocenters. The molecular weight excluding hydrogens is 322 g/mol. The van der Waals surface area contributed by atoms with Crippen LogP contribution in [0.15, 0.2) is 17.2 Å². The van der Waals surface area contributed by atoms with Crippen molar-refractivity contribution in [3.63, 3.8) is 0 Å². The van der Waals surface area contributed by atoms with Crippen molar-refractivity contribution in [3.8, 4) is 0 Å². The molecule has 0 unspecified atom stereocenters. The number of methoxy groups -OCH3 is 1. The van der Waals surface area contributed by atoms with Gasteiger partial charge in [0.15, 0.2) is 0 Å². The largest absolute Gasteiger partial charge is 0.464 e. The van der Waals surface area contributed by atoms with Gasteiger partial charge < -0.3 is 14.2 Å². The van der Waals surface area contributed by atoms with Crippen LogP contribution in [0.2, 0.25) is 0 Å². The Morgan fingerprint density at radius 3 is 2.48 bits per heavy atom. The lowest BCUT2D eigenvalue weighted by Crippen LogP contribution is -2.36. The van der Waals surface area contributed by atoms with Gasteiger partial charge in [-0.1, -0.05) is 0 Å². The zero-order valence-corrected chi connectivity index (χ0v) is 14.3. The second-order valence-electron chi connectivity index (χ2n) is 5.43. The fourth-order valence-corrected chi connectivity index (χ4v) is 4.12. The quantitative estimate of drug-likeness (QED) is 0.724. The van der Waals surface area contributed by atoms with E-state index >= 15 is 0 Å². The fraction of sp³-hybridized carbons (Fsp3) is 0.571. The van der Waals surface area contributed by atoms with Crippen LogP contribution in [0.1, 0.15) is 23.8 Å². The Morgan fingerprint density at radius 2 is 1.87 bits per heavy atom. The number of aryl methyl sites for hydroxylation is 1. The van der Waals surface area contributed by atoms with Crippen LogP contribution in [0, 0.1) is 0 Å². The minimum Gasteiger partial charge on any atom is -0.464 e. The minimum atomic E-state index is -3.71. The maximum atomic E-state index is 12.8. The maximum absolute atomic E-state index is 12.8. The summed E-state index contributed by atoms with van der Waals surface area (Å²) in [7, 11) is -0.878. The van der Waals surface area contributed by atoms with Crippen LogP contribution in [0.5, 0.6) is 0 Å². The second-order valence-corrected chi connectivity index (χ2v) is 7.37. The van der Waals surface area contributed by atoms with E-state index in [9.17, 15) is 18.0 Å². The van der Waals surface area contributed by atoms with E-state index in [1.807, 2.05) is 0 Å². The summed E-state index contributed by atoms with van der Waals surface area (Å²) in [4.78, 5) is 24.8. The molecule has 1 aromatic rings. The van der Waals surface area contributed by atoms with Gasteiger partial charge in [-0.25, -0.2) is 13.2 Å². The van der Waals surface area contributed by atoms with E-state index in [0.717, 1.165) is 0 Å². The fourth-order valence-electron chi connectivity index (χ4n) is 2.58. The lowest BCUT2D eigenvalue weighted by molar-refractivity contribution is -0.128. The molecule has 1 fully saturated rings. The van der Waals surface area contributed by atoms with Crippen molar-refractivity contribution in [2.24, 2.45) is 7.05 Å². The van der Waals surface area contributed by atoms with Gasteiger partial charge >= 0.3 is 5.97 Å². The third kappa shape index (κ3) is 3.56. The zero-order chi connectivity index (χ0) is 17.2. The van der Waals surface area contributed by atoms with E-state index in [1.54, 1.807) is 11.9 Å². The van der Waals surface area contributed by atoms with Gasteiger partial charge in [-0.2, -0.15) is 4.31 Å². The van der Waals surface area contributed by atoms with Crippen LogP contribution in [-0.4, -0.2) is 67.4 Å². The average Bonchev–Trinajstić information content (AvgIpc) is 2.74. The van der Waals surface area contributed by atoms with Gasteiger partial charge in [0.25, 0.3) is 0 Å². The normalized spacial score (nSPS) is 16.9. The van der Waals surface area contributed by atoms with Crippen molar-refractivity contribution >= 4 is 21.9 Å². The van der Waals surface area contributed by atoms with E-state index in [0.29, 0.717) is 26.1 Å². The monoisotopic (exact) mass is 343 g/mol. The number of ether oxygens (including phenoxy) is 1. The number of nitrogens with zero attached hydrogens (tertiary/aromatic N) is 3. The van der Waals surface area contributed by atoms with Crippen molar-refractivity contribution in [2.45, 2.75) is 18.2 Å². The summed E-state index contributed by atoms with van der Waals surface area (Å²) in [6.07, 6.45) is 1.98. The van der Waals surface area contributed by atoms with Crippen LogP contribution in [0.3, 0.4) is 0 Å². The molecule has 2 rings (SSSR count). The SMILES string of the molecule is COC(=O)c1cc(S(=O)(=O)N2CCCN(C(C)=O)CC2)cn1C. The van der Waals surface area contributed by atoms with Gasteiger partial charge in [-0.05, 0) is 12.5 Å². The Balaban J connectivity index is 2.25. The first-order valence-corrected chi connectivity index (χ1v) is 8.71. The van der Waals surface area contributed by atoms with E-state index in [4.69, 9.17) is 0 Å². The Hall–Kier alpha value is -1.87. The third-order valence-electron chi connectivity index (χ3n) is 3.91. The van der Waals surface area contributed by atoms with Crippen molar-refractivity contribution in [1.29, 1.82) is 0 Å². The lowest BCUT2D eigenvalue weighted by atomic mass is 10.4. The predicted octanol–water partition coefficient (Wildman–Crippen LogP) is 0.0546. The Morgan fingerprint density at radius 1 is 1.17 bits per heavy atom. The highest BCUT2D eigenvalue weighted by Crippen LogP contribution is 2.20. The van der Waals surface area contributed by atoms with Crippen molar-refractivity contribution in [3.05, 3.63) is 18.0 Å². The molecule has 2 heterocycles. The van der Waals surface area contributed by atoms with Gasteiger partial charge in [0.2, 0.25) is 15.9 Å². The van der Waals surface area contributed by atoms with E-state index < -0.39 is 16.0 Å². The lowest BCUT2D eigenvalue weighted by Gasteiger charge is -2.20. The minimum absolute atomic E-state index is 0.0525. The number of aromatic nitrogens is 1. The van der Waals surface area contributed by atoms with Gasteiger partial charge in [-0.15, -0.1) is 0 Å². The standard InChI is InChI=1S/C14H21N3O5S/c1-11(18)16-5-4-6-17(8-7-16)23(20,21)12-9-13(14(19)22-3)15(2)10-12/h9-10H,4-8H2,1-3H3. The summed E-state index contributed by atoms with van der Waals surface area (Å²) in [6.45, 7) is 2.97. The smallest absolute Gasteiger partial charge is 0.354 e. The molecule has 1 aromatic heterocycles. The van der Waals surface area contributed by atoms with E-state index in [2.05, 4.69) is 4.74 Å². The number of amides is 1. The van der Waals surface area contributed by atoms with Crippen LogP contribution >= 0.6 is 0 Å². The topological polar surface area (TPSA) is 88.9 Å². The molecule has 8 nitrogen and oxygen atoms in total. The molecule has 0 bridgehead atoms. The summed E-state index contributed by atoms with van der Waals surface area (Å²) in [5.74, 6) is -0.649. The number of hydrogen-bond acceptors (Lipinski definition) is 5. The molecule has 128 valence electrons. The summed E-state index contributed by atoms with van der Waals surface area (Å²) in [5.41, 5.74) is 0.172. The highest BCUT2D eigenvalue weighted by Gasteiger charge is 2.29. The summed E-state index contributed by atoms with van der Waals surface area (Å²) in [6, 6.07) is 1.31. The molecular formula is C14H21N3O5S. The molecule has 0 saturated carbocycles. The zero-order valence-electron chi connectivity index (χ0n) is 13.5. The maximum Gasteiger partial charge on any atom is 0.354 e. The molecule has 1 saturated heterocycles. The molecule has 0 aliphatic carbocycles. The summed E-state index contributed by atoms with van der Waals surface area (Å²) >= 11 is 0. The molecule has 0 radical (unpaired) electrons. The Labute approximate surface area is 135 Å². The number of hydrogen-bond donors (Lipinski definition) is 0. The number of esters is 1. The third-order valence-corrected chi connectivity index (χ3v) is 5.78. The summed E-state index contributed by atoms with van der Waals surface area (Å²) < 4.78 is 32.9. The molecule has 1 amide bonds. The molecule has 23 heavy (non-hydrogen) atoms. The highest BCUT2D eigenvalue weighted by molar-refractivity contribution is 7.89. The molecule has 9 heteroatoms. The van der Waals surface area contributed by atoms with Crippen molar-refractivity contribution in [1.82, 2.24) is 13.8 Å². The molecule has 1 aliphatic heterocycles. The second kappa shape index (κ2) is 6.71. The Kier molecular flexibility index (Phi) is 5.10. The van der Waals surface area contributed by atoms with Gasteiger partial charge in [0.1, 0.15) is 10.6 Å². The van der Waals surface area contributed by atoms with E-state index in [-0.39, 0.29) is 23.0 Å².